The largest absolute Gasteiger partial charge is 0.444 e. The van der Waals surface area contributed by atoms with Crippen LogP contribution in [0.5, 0.6) is 0 Å². The van der Waals surface area contributed by atoms with Crippen LogP contribution in [0.1, 0.15) is 59.1 Å². The maximum absolute atomic E-state index is 12.4. The summed E-state index contributed by atoms with van der Waals surface area (Å²) in [6.45, 7) is 11.0. The van der Waals surface area contributed by atoms with Gasteiger partial charge in [-0.25, -0.2) is 19.4 Å². The van der Waals surface area contributed by atoms with Gasteiger partial charge in [0.1, 0.15) is 17.4 Å². The number of hydrogen-bond acceptors (Lipinski definition) is 9. The number of fused-ring (bicyclic) bond motifs is 1. The van der Waals surface area contributed by atoms with E-state index in [-0.39, 0.29) is 18.2 Å². The number of piperidine rings is 1. The number of hydrogen-bond donors (Lipinski definition) is 1. The Morgan fingerprint density at radius 2 is 1.92 bits per heavy atom. The van der Waals surface area contributed by atoms with Gasteiger partial charge in [-0.3, -0.25) is 0 Å². The monoisotopic (exact) mass is 528 g/mol. The number of carbonyl (C=O) groups is 1. The molecule has 0 radical (unpaired) electrons. The maximum atomic E-state index is 12.4. The van der Waals surface area contributed by atoms with Crippen molar-refractivity contribution in [2.75, 3.05) is 18.4 Å². The summed E-state index contributed by atoms with van der Waals surface area (Å²) in [5, 5.41) is 26.7. The second-order valence-corrected chi connectivity index (χ2v) is 11.0. The third kappa shape index (κ3) is 5.67. The van der Waals surface area contributed by atoms with Crippen LogP contribution in [0.2, 0.25) is 0 Å². The number of anilines is 1. The van der Waals surface area contributed by atoms with Gasteiger partial charge in [-0.05, 0) is 53.5 Å². The molecule has 0 saturated carbocycles. The van der Waals surface area contributed by atoms with E-state index in [1.165, 1.54) is 6.20 Å². The molecule has 39 heavy (non-hydrogen) atoms. The molecule has 0 atom stereocenters. The molecule has 202 valence electrons. The molecule has 12 heteroatoms. The Labute approximate surface area is 226 Å². The first-order valence-corrected chi connectivity index (χ1v) is 13.0. The Morgan fingerprint density at radius 3 is 2.62 bits per heavy atom. The Bertz CT molecular complexity index is 1530. The SMILES string of the molecule is CC(C)Nc1cc(-n2ncc3cc(C#N)cnc32)ncc1-c1cn(C2CCN(C(=O)OC(C)(C)C)CC2)nn1. The first kappa shape index (κ1) is 26.1. The normalized spacial score (nSPS) is 14.5. The van der Waals surface area contributed by atoms with E-state index >= 15 is 0 Å². The predicted molar refractivity (Wildman–Crippen MR) is 145 cm³/mol. The van der Waals surface area contributed by atoms with E-state index in [1.807, 2.05) is 37.7 Å². The van der Waals surface area contributed by atoms with E-state index < -0.39 is 5.60 Å². The van der Waals surface area contributed by atoms with Gasteiger partial charge in [0, 0.05) is 54.2 Å². The van der Waals surface area contributed by atoms with Gasteiger partial charge < -0.3 is 15.0 Å². The maximum Gasteiger partial charge on any atom is 0.410 e. The molecule has 1 amide bonds. The van der Waals surface area contributed by atoms with Crippen molar-refractivity contribution in [3.63, 3.8) is 0 Å². The van der Waals surface area contributed by atoms with Crippen LogP contribution in [0.3, 0.4) is 0 Å². The van der Waals surface area contributed by atoms with Crippen LogP contribution in [-0.2, 0) is 4.74 Å². The van der Waals surface area contributed by atoms with Crippen LogP contribution in [0, 0.1) is 11.3 Å². The number of pyridine rings is 2. The zero-order valence-electron chi connectivity index (χ0n) is 22.8. The van der Waals surface area contributed by atoms with Crippen molar-refractivity contribution in [3.05, 3.63) is 42.5 Å². The highest BCUT2D eigenvalue weighted by molar-refractivity contribution is 5.79. The van der Waals surface area contributed by atoms with Crippen molar-refractivity contribution in [2.24, 2.45) is 0 Å². The van der Waals surface area contributed by atoms with Gasteiger partial charge >= 0.3 is 6.09 Å². The summed E-state index contributed by atoms with van der Waals surface area (Å²) in [5.74, 6) is 0.594. The molecule has 5 rings (SSSR count). The highest BCUT2D eigenvalue weighted by Crippen LogP contribution is 2.31. The minimum absolute atomic E-state index is 0.137. The molecule has 1 N–H and O–H groups in total. The zero-order chi connectivity index (χ0) is 27.7. The lowest BCUT2D eigenvalue weighted by atomic mass is 10.1. The molecule has 5 heterocycles. The van der Waals surface area contributed by atoms with Crippen molar-refractivity contribution < 1.29 is 9.53 Å². The highest BCUT2D eigenvalue weighted by atomic mass is 16.6. The number of likely N-dealkylation sites (tertiary alicyclic amines) is 1. The minimum Gasteiger partial charge on any atom is -0.444 e. The summed E-state index contributed by atoms with van der Waals surface area (Å²) in [4.78, 5) is 23.2. The molecule has 1 aliphatic rings. The highest BCUT2D eigenvalue weighted by Gasteiger charge is 2.28. The standard InChI is InChI=1S/C27H32N10O2/c1-17(2)32-22-11-24(37-25-19(14-31-37)10-18(12-28)13-30-25)29-15-21(22)23-16-36(34-33-23)20-6-8-35(9-7-20)26(38)39-27(3,4)5/h10-11,13-17,20H,6-9H2,1-5H3,(H,29,32). The summed E-state index contributed by atoms with van der Waals surface area (Å²) in [7, 11) is 0. The van der Waals surface area contributed by atoms with Crippen molar-refractivity contribution >= 4 is 22.8 Å². The second-order valence-electron chi connectivity index (χ2n) is 11.0. The molecular formula is C27H32N10O2. The fourth-order valence-corrected chi connectivity index (χ4v) is 4.56. The van der Waals surface area contributed by atoms with Crippen LogP contribution in [0.4, 0.5) is 10.5 Å². The molecule has 0 aromatic carbocycles. The van der Waals surface area contributed by atoms with E-state index in [1.54, 1.807) is 28.0 Å². The minimum atomic E-state index is -0.512. The number of carbonyl (C=O) groups excluding carboxylic acids is 1. The second kappa shape index (κ2) is 10.3. The third-order valence-electron chi connectivity index (χ3n) is 6.36. The summed E-state index contributed by atoms with van der Waals surface area (Å²) in [6.07, 6.45) is 8.15. The molecule has 1 saturated heterocycles. The number of nitriles is 1. The average Bonchev–Trinajstić information content (AvgIpc) is 3.55. The fourth-order valence-electron chi connectivity index (χ4n) is 4.56. The number of rotatable bonds is 5. The molecule has 0 unspecified atom stereocenters. The van der Waals surface area contributed by atoms with Crippen molar-refractivity contribution in [1.29, 1.82) is 5.26 Å². The Morgan fingerprint density at radius 1 is 1.15 bits per heavy atom. The summed E-state index contributed by atoms with van der Waals surface area (Å²) >= 11 is 0. The average molecular weight is 529 g/mol. The van der Waals surface area contributed by atoms with Gasteiger partial charge in [-0.1, -0.05) is 5.21 Å². The molecule has 0 spiro atoms. The lowest BCUT2D eigenvalue weighted by molar-refractivity contribution is 0.0184. The first-order valence-electron chi connectivity index (χ1n) is 13.0. The molecule has 0 bridgehead atoms. The predicted octanol–water partition coefficient (Wildman–Crippen LogP) is 4.34. The molecule has 1 aliphatic heterocycles. The van der Waals surface area contributed by atoms with Gasteiger partial charge in [-0.2, -0.15) is 15.0 Å². The van der Waals surface area contributed by atoms with Crippen molar-refractivity contribution in [3.8, 4) is 23.1 Å². The van der Waals surface area contributed by atoms with Gasteiger partial charge in [0.25, 0.3) is 0 Å². The molecule has 4 aromatic heterocycles. The van der Waals surface area contributed by atoms with E-state index in [0.29, 0.717) is 35.8 Å². The quantitative estimate of drug-likeness (QED) is 0.400. The summed E-state index contributed by atoms with van der Waals surface area (Å²) in [5.41, 5.74) is 2.95. The van der Waals surface area contributed by atoms with Gasteiger partial charge in [0.15, 0.2) is 11.5 Å². The molecule has 1 fully saturated rings. The molecule has 12 nitrogen and oxygen atoms in total. The van der Waals surface area contributed by atoms with Gasteiger partial charge in [0.05, 0.1) is 24.0 Å². The van der Waals surface area contributed by atoms with E-state index in [0.717, 1.165) is 29.5 Å². The third-order valence-corrected chi connectivity index (χ3v) is 6.36. The lowest BCUT2D eigenvalue weighted by Crippen LogP contribution is -2.42. The number of aromatic nitrogens is 7. The Kier molecular flexibility index (Phi) is 6.91. The van der Waals surface area contributed by atoms with Crippen molar-refractivity contribution in [1.82, 2.24) is 39.6 Å². The molecule has 0 aliphatic carbocycles. The number of amides is 1. The molecular weight excluding hydrogens is 496 g/mol. The number of nitrogens with zero attached hydrogens (tertiary/aromatic N) is 9. The topological polar surface area (TPSA) is 140 Å². The Hall–Kier alpha value is -4.53. The van der Waals surface area contributed by atoms with E-state index in [2.05, 4.69) is 50.6 Å². The number of nitrogens with one attached hydrogen (secondary N) is 1. The van der Waals surface area contributed by atoms with E-state index in [4.69, 9.17) is 10.00 Å². The van der Waals surface area contributed by atoms with Gasteiger partial charge in [-0.15, -0.1) is 5.10 Å². The van der Waals surface area contributed by atoms with Crippen LogP contribution < -0.4 is 5.32 Å². The van der Waals surface area contributed by atoms with Crippen molar-refractivity contribution in [2.45, 2.75) is 65.1 Å². The fraction of sp³-hybridized carbons (Fsp3) is 0.444. The lowest BCUT2D eigenvalue weighted by Gasteiger charge is -2.33. The van der Waals surface area contributed by atoms with Crippen LogP contribution in [-0.4, -0.2) is 70.5 Å². The Balaban J connectivity index is 1.37. The summed E-state index contributed by atoms with van der Waals surface area (Å²) in [6, 6.07) is 6.07. The van der Waals surface area contributed by atoms with Crippen LogP contribution in [0.25, 0.3) is 28.1 Å². The smallest absolute Gasteiger partial charge is 0.410 e. The zero-order valence-corrected chi connectivity index (χ0v) is 22.8. The molecule has 4 aromatic rings. The van der Waals surface area contributed by atoms with Crippen LogP contribution >= 0.6 is 0 Å². The van der Waals surface area contributed by atoms with Gasteiger partial charge in [0.2, 0.25) is 0 Å². The van der Waals surface area contributed by atoms with E-state index in [9.17, 15) is 4.79 Å². The number of ether oxygens (including phenoxy) is 1. The first-order chi connectivity index (χ1) is 18.6. The van der Waals surface area contributed by atoms with Crippen LogP contribution in [0.15, 0.2) is 36.9 Å². The summed E-state index contributed by atoms with van der Waals surface area (Å²) < 4.78 is 9.05.